The summed E-state index contributed by atoms with van der Waals surface area (Å²) in [5.74, 6) is 0.209. The molecule has 10 heteroatoms. The number of carbonyl (C=O) groups excluding carboxylic acids is 1. The third-order valence-corrected chi connectivity index (χ3v) is 6.38. The molecule has 2 unspecified atom stereocenters. The largest absolute Gasteiger partial charge is 0.393 e. The maximum absolute atomic E-state index is 11.6. The van der Waals surface area contributed by atoms with Crippen LogP contribution < -0.4 is 5.73 Å². The van der Waals surface area contributed by atoms with Crippen LogP contribution in [-0.4, -0.2) is 53.8 Å². The van der Waals surface area contributed by atoms with E-state index in [1.165, 1.54) is 6.20 Å². The highest BCUT2D eigenvalue weighted by molar-refractivity contribution is 6.33. The summed E-state index contributed by atoms with van der Waals surface area (Å²) < 4.78 is 7.44. The van der Waals surface area contributed by atoms with E-state index in [0.717, 1.165) is 48.0 Å². The lowest BCUT2D eigenvalue weighted by Crippen LogP contribution is -2.28. The molecule has 0 spiro atoms. The van der Waals surface area contributed by atoms with Crippen LogP contribution in [0.4, 0.5) is 5.95 Å². The summed E-state index contributed by atoms with van der Waals surface area (Å²) in [6.07, 6.45) is 7.69. The molecule has 0 saturated heterocycles. The number of halogens is 1. The van der Waals surface area contributed by atoms with Crippen LogP contribution in [0.1, 0.15) is 57.7 Å². The van der Waals surface area contributed by atoms with Crippen LogP contribution in [0, 0.1) is 0 Å². The van der Waals surface area contributed by atoms with Crippen LogP contribution in [0.3, 0.4) is 0 Å². The summed E-state index contributed by atoms with van der Waals surface area (Å²) in [6.45, 7) is 6.81. The fourth-order valence-corrected chi connectivity index (χ4v) is 4.70. The Balaban J connectivity index is 0.000000210. The molecule has 34 heavy (non-hydrogen) atoms. The van der Waals surface area contributed by atoms with Gasteiger partial charge in [-0.1, -0.05) is 17.7 Å². The second-order valence-electron chi connectivity index (χ2n) is 9.09. The van der Waals surface area contributed by atoms with Gasteiger partial charge in [0, 0.05) is 19.0 Å². The number of ether oxygens (including phenoxy) is 1. The Morgan fingerprint density at radius 3 is 2.76 bits per heavy atom. The minimum Gasteiger partial charge on any atom is -0.393 e. The van der Waals surface area contributed by atoms with Crippen LogP contribution in [-0.2, 0) is 22.6 Å². The van der Waals surface area contributed by atoms with Gasteiger partial charge in [0.1, 0.15) is 0 Å². The molecule has 3 aromatic rings. The van der Waals surface area contributed by atoms with Gasteiger partial charge < -0.3 is 20.5 Å². The van der Waals surface area contributed by atoms with Crippen LogP contribution in [0.15, 0.2) is 24.5 Å². The number of aliphatic hydroxyl groups excluding tert-OH is 1. The predicted octanol–water partition coefficient (Wildman–Crippen LogP) is 3.60. The summed E-state index contributed by atoms with van der Waals surface area (Å²) >= 11 is 6.20. The van der Waals surface area contributed by atoms with E-state index >= 15 is 0 Å². The molecule has 0 bridgehead atoms. The molecule has 5 rings (SSSR count). The standard InChI is InChI=1S/C15H13ClN6O.C9H18O2/c1-8(23)21-6-9-2-3-12-10(4-19-22(12)13(9)7-21)14-11(16)5-18-15(17)20-14;1-7(2)11-9-5-3-4-8(10)6-9/h2-5H,6-7H2,1H3,(H2,17,18,20);7-10H,3-6H2,1-2H3. The van der Waals surface area contributed by atoms with E-state index in [1.807, 2.05) is 30.5 Å². The lowest BCUT2D eigenvalue weighted by Gasteiger charge is -2.27. The van der Waals surface area contributed by atoms with Gasteiger partial charge in [0.15, 0.2) is 0 Å². The number of aliphatic hydroxyl groups is 1. The zero-order valence-electron chi connectivity index (χ0n) is 19.7. The summed E-state index contributed by atoms with van der Waals surface area (Å²) in [6, 6.07) is 3.97. The topological polar surface area (TPSA) is 119 Å². The van der Waals surface area contributed by atoms with E-state index in [4.69, 9.17) is 22.1 Å². The summed E-state index contributed by atoms with van der Waals surface area (Å²) in [5.41, 5.74) is 9.97. The van der Waals surface area contributed by atoms with Gasteiger partial charge in [-0.3, -0.25) is 4.79 Å². The van der Waals surface area contributed by atoms with Crippen molar-refractivity contribution < 1.29 is 14.6 Å². The van der Waals surface area contributed by atoms with E-state index < -0.39 is 0 Å². The highest BCUT2D eigenvalue weighted by Gasteiger charge is 2.25. The molecule has 182 valence electrons. The first kappa shape index (κ1) is 24.4. The first-order valence-corrected chi connectivity index (χ1v) is 12.0. The van der Waals surface area contributed by atoms with Crippen molar-refractivity contribution in [2.75, 3.05) is 5.73 Å². The highest BCUT2D eigenvalue weighted by Crippen LogP contribution is 2.32. The second kappa shape index (κ2) is 10.2. The third-order valence-electron chi connectivity index (χ3n) is 6.10. The molecular weight excluding hydrogens is 456 g/mol. The van der Waals surface area contributed by atoms with Crippen molar-refractivity contribution >= 4 is 29.0 Å². The maximum Gasteiger partial charge on any atom is 0.220 e. The van der Waals surface area contributed by atoms with Gasteiger partial charge in [-0.25, -0.2) is 14.5 Å². The van der Waals surface area contributed by atoms with Gasteiger partial charge >= 0.3 is 0 Å². The van der Waals surface area contributed by atoms with Crippen molar-refractivity contribution in [3.8, 4) is 11.3 Å². The molecular formula is C24H31ClN6O3. The zero-order valence-corrected chi connectivity index (χ0v) is 20.5. The van der Waals surface area contributed by atoms with E-state index in [9.17, 15) is 9.90 Å². The first-order chi connectivity index (χ1) is 16.2. The number of nitrogens with zero attached hydrogens (tertiary/aromatic N) is 5. The van der Waals surface area contributed by atoms with Crippen molar-refractivity contribution in [2.45, 2.75) is 77.9 Å². The number of hydrogen-bond acceptors (Lipinski definition) is 7. The van der Waals surface area contributed by atoms with Gasteiger partial charge in [-0.05, 0) is 51.2 Å². The van der Waals surface area contributed by atoms with Gasteiger partial charge in [0.25, 0.3) is 0 Å². The summed E-state index contributed by atoms with van der Waals surface area (Å²) in [5, 5.41) is 14.2. The molecule has 1 fully saturated rings. The number of anilines is 1. The van der Waals surface area contributed by atoms with Crippen LogP contribution in [0.25, 0.3) is 16.8 Å². The number of rotatable bonds is 3. The summed E-state index contributed by atoms with van der Waals surface area (Å²) in [7, 11) is 0. The Labute approximate surface area is 203 Å². The second-order valence-corrected chi connectivity index (χ2v) is 9.49. The van der Waals surface area contributed by atoms with Crippen molar-refractivity contribution in [3.05, 3.63) is 40.8 Å². The van der Waals surface area contributed by atoms with Crippen molar-refractivity contribution in [1.29, 1.82) is 0 Å². The molecule has 9 nitrogen and oxygen atoms in total. The van der Waals surface area contributed by atoms with Crippen LogP contribution >= 0.6 is 11.6 Å². The fourth-order valence-electron chi connectivity index (χ4n) is 4.50. The molecule has 2 aliphatic rings. The Morgan fingerprint density at radius 2 is 2.06 bits per heavy atom. The monoisotopic (exact) mass is 486 g/mol. The zero-order chi connectivity index (χ0) is 24.4. The number of aromatic nitrogens is 4. The fraction of sp³-hybridized carbons (Fsp3) is 0.500. The van der Waals surface area contributed by atoms with Crippen molar-refractivity contribution in [3.63, 3.8) is 0 Å². The smallest absolute Gasteiger partial charge is 0.220 e. The molecule has 1 saturated carbocycles. The molecule has 0 aromatic carbocycles. The predicted molar refractivity (Wildman–Crippen MR) is 130 cm³/mol. The molecule has 3 aromatic heterocycles. The molecule has 1 aliphatic heterocycles. The molecule has 2 atom stereocenters. The number of nitrogens with two attached hydrogens (primary N) is 1. The number of hydrogen-bond donors (Lipinski definition) is 2. The lowest BCUT2D eigenvalue weighted by atomic mass is 9.95. The van der Waals surface area contributed by atoms with E-state index in [0.29, 0.717) is 36.0 Å². The van der Waals surface area contributed by atoms with Crippen molar-refractivity contribution in [2.24, 2.45) is 0 Å². The minimum atomic E-state index is -0.118. The number of fused-ring (bicyclic) bond motifs is 3. The molecule has 3 N–H and O–H groups in total. The van der Waals surface area contributed by atoms with Crippen LogP contribution in [0.2, 0.25) is 5.02 Å². The van der Waals surface area contributed by atoms with E-state index in [1.54, 1.807) is 18.0 Å². The number of carbonyl (C=O) groups is 1. The SMILES string of the molecule is CC(=O)N1Cc2ccc3c(-c4nc(N)ncc4Cl)cnn3c2C1.CC(C)OC1CCCC(O)C1. The minimum absolute atomic E-state index is 0.0494. The van der Waals surface area contributed by atoms with E-state index in [2.05, 4.69) is 15.1 Å². The number of nitrogen functional groups attached to an aromatic ring is 1. The Bertz CT molecular complexity index is 1180. The Kier molecular flexibility index (Phi) is 7.35. The van der Waals surface area contributed by atoms with Crippen molar-refractivity contribution in [1.82, 2.24) is 24.5 Å². The van der Waals surface area contributed by atoms with Gasteiger partial charge in [0.05, 0.1) is 59.2 Å². The van der Waals surface area contributed by atoms with Gasteiger partial charge in [0.2, 0.25) is 11.9 Å². The quantitative estimate of drug-likeness (QED) is 0.580. The molecule has 0 radical (unpaired) electrons. The van der Waals surface area contributed by atoms with Gasteiger partial charge in [-0.15, -0.1) is 0 Å². The van der Waals surface area contributed by atoms with E-state index in [-0.39, 0.29) is 18.0 Å². The first-order valence-electron chi connectivity index (χ1n) is 11.6. The van der Waals surface area contributed by atoms with Gasteiger partial charge in [-0.2, -0.15) is 5.10 Å². The molecule has 1 amide bonds. The normalized spacial score (nSPS) is 19.8. The number of pyridine rings is 1. The maximum atomic E-state index is 11.6. The lowest BCUT2D eigenvalue weighted by molar-refractivity contribution is -0.129. The average Bonchev–Trinajstić information content (AvgIpc) is 3.39. The highest BCUT2D eigenvalue weighted by atomic mass is 35.5. The summed E-state index contributed by atoms with van der Waals surface area (Å²) in [4.78, 5) is 21.5. The average molecular weight is 487 g/mol. The number of amides is 1. The Morgan fingerprint density at radius 1 is 1.26 bits per heavy atom. The third kappa shape index (κ3) is 5.32. The Hall–Kier alpha value is -2.75. The van der Waals surface area contributed by atoms with Crippen LogP contribution in [0.5, 0.6) is 0 Å². The molecule has 1 aliphatic carbocycles. The molecule has 4 heterocycles.